The average molecular weight is 231 g/mol. The molecule has 1 fully saturated rings. The standard InChI is InChI=1S/C13H13NO3/c1-17-8-3-2-7-4-12(14-11(7)5-8)9-6-10(9)13(15)16/h2-5,9-10,14H,6H2,1H3,(H,15,16). The van der Waals surface area contributed by atoms with Crippen molar-refractivity contribution in [2.75, 3.05) is 7.11 Å². The molecular formula is C13H13NO3. The number of aliphatic carboxylic acids is 1. The second-order valence-corrected chi connectivity index (χ2v) is 4.46. The third kappa shape index (κ3) is 1.65. The molecule has 0 saturated heterocycles. The van der Waals surface area contributed by atoms with Gasteiger partial charge in [-0.2, -0.15) is 0 Å². The van der Waals surface area contributed by atoms with E-state index in [-0.39, 0.29) is 11.8 Å². The summed E-state index contributed by atoms with van der Waals surface area (Å²) in [6.07, 6.45) is 0.735. The van der Waals surface area contributed by atoms with Gasteiger partial charge in [-0.3, -0.25) is 4.79 Å². The molecule has 0 amide bonds. The third-order valence-corrected chi connectivity index (χ3v) is 3.36. The van der Waals surface area contributed by atoms with Crippen molar-refractivity contribution in [2.45, 2.75) is 12.3 Å². The van der Waals surface area contributed by atoms with Gasteiger partial charge in [0.2, 0.25) is 0 Å². The predicted molar refractivity (Wildman–Crippen MR) is 63.3 cm³/mol. The largest absolute Gasteiger partial charge is 0.497 e. The maximum Gasteiger partial charge on any atom is 0.307 e. The molecule has 1 saturated carbocycles. The zero-order valence-electron chi connectivity index (χ0n) is 9.43. The van der Waals surface area contributed by atoms with E-state index in [0.717, 1.165) is 28.8 Å². The molecule has 88 valence electrons. The molecule has 4 heteroatoms. The second kappa shape index (κ2) is 3.52. The molecule has 1 heterocycles. The van der Waals surface area contributed by atoms with E-state index >= 15 is 0 Å². The van der Waals surface area contributed by atoms with Crippen molar-refractivity contribution in [3.05, 3.63) is 30.0 Å². The van der Waals surface area contributed by atoms with Crippen molar-refractivity contribution >= 4 is 16.9 Å². The molecule has 1 aromatic heterocycles. The van der Waals surface area contributed by atoms with E-state index < -0.39 is 5.97 Å². The number of ether oxygens (including phenoxy) is 1. The Labute approximate surface area is 98.2 Å². The first-order chi connectivity index (χ1) is 8.19. The van der Waals surface area contributed by atoms with Crippen LogP contribution in [0.2, 0.25) is 0 Å². The number of hydrogen-bond donors (Lipinski definition) is 2. The Hall–Kier alpha value is -1.97. The molecule has 17 heavy (non-hydrogen) atoms. The molecule has 0 aliphatic heterocycles. The highest BCUT2D eigenvalue weighted by atomic mass is 16.5. The summed E-state index contributed by atoms with van der Waals surface area (Å²) in [6.45, 7) is 0. The highest BCUT2D eigenvalue weighted by Crippen LogP contribution is 2.47. The minimum absolute atomic E-state index is 0.144. The van der Waals surface area contributed by atoms with Crippen LogP contribution in [-0.2, 0) is 4.79 Å². The van der Waals surface area contributed by atoms with Crippen molar-refractivity contribution in [2.24, 2.45) is 5.92 Å². The van der Waals surface area contributed by atoms with Crippen molar-refractivity contribution in [1.82, 2.24) is 4.98 Å². The number of carboxylic acids is 1. The second-order valence-electron chi connectivity index (χ2n) is 4.46. The van der Waals surface area contributed by atoms with E-state index in [1.807, 2.05) is 24.3 Å². The lowest BCUT2D eigenvalue weighted by Gasteiger charge is -1.97. The van der Waals surface area contributed by atoms with Gasteiger partial charge in [-0.25, -0.2) is 0 Å². The molecule has 1 aliphatic rings. The van der Waals surface area contributed by atoms with E-state index in [9.17, 15) is 4.79 Å². The van der Waals surface area contributed by atoms with E-state index in [1.165, 1.54) is 0 Å². The normalized spacial score (nSPS) is 22.6. The number of carboxylic acid groups (broad SMARTS) is 1. The Morgan fingerprint density at radius 1 is 1.47 bits per heavy atom. The van der Waals surface area contributed by atoms with E-state index in [4.69, 9.17) is 9.84 Å². The van der Waals surface area contributed by atoms with Crippen LogP contribution < -0.4 is 4.74 Å². The van der Waals surface area contributed by atoms with Crippen molar-refractivity contribution < 1.29 is 14.6 Å². The highest BCUT2D eigenvalue weighted by molar-refractivity contribution is 5.83. The summed E-state index contributed by atoms with van der Waals surface area (Å²) in [5.41, 5.74) is 2.01. The number of aromatic nitrogens is 1. The lowest BCUT2D eigenvalue weighted by atomic mass is 10.2. The number of fused-ring (bicyclic) bond motifs is 1. The van der Waals surface area contributed by atoms with Crippen LogP contribution in [0.5, 0.6) is 5.75 Å². The van der Waals surface area contributed by atoms with Gasteiger partial charge >= 0.3 is 5.97 Å². The topological polar surface area (TPSA) is 62.3 Å². The number of methoxy groups -OCH3 is 1. The molecule has 1 aromatic carbocycles. The van der Waals surface area contributed by atoms with Gasteiger partial charge in [0.1, 0.15) is 5.75 Å². The van der Waals surface area contributed by atoms with Crippen LogP contribution >= 0.6 is 0 Å². The number of rotatable bonds is 3. The number of benzene rings is 1. The SMILES string of the molecule is COc1ccc2cc(C3CC3C(=O)O)[nH]c2c1. The van der Waals surface area contributed by atoms with E-state index in [0.29, 0.717) is 0 Å². The zero-order valence-corrected chi connectivity index (χ0v) is 9.43. The van der Waals surface area contributed by atoms with Crippen LogP contribution in [-0.4, -0.2) is 23.2 Å². The molecule has 0 radical (unpaired) electrons. The molecular weight excluding hydrogens is 218 g/mol. The molecule has 4 nitrogen and oxygen atoms in total. The number of nitrogens with one attached hydrogen (secondary N) is 1. The zero-order chi connectivity index (χ0) is 12.0. The monoisotopic (exact) mass is 231 g/mol. The van der Waals surface area contributed by atoms with Crippen LogP contribution in [0.1, 0.15) is 18.0 Å². The number of aromatic amines is 1. The lowest BCUT2D eigenvalue weighted by molar-refractivity contribution is -0.138. The van der Waals surface area contributed by atoms with Gasteiger partial charge in [0.15, 0.2) is 0 Å². The number of hydrogen-bond acceptors (Lipinski definition) is 2. The molecule has 0 spiro atoms. The van der Waals surface area contributed by atoms with E-state index in [1.54, 1.807) is 7.11 Å². The van der Waals surface area contributed by atoms with Gasteiger partial charge in [0, 0.05) is 23.2 Å². The Balaban J connectivity index is 1.95. The molecule has 2 aromatic rings. The fourth-order valence-corrected chi connectivity index (χ4v) is 2.27. The maximum absolute atomic E-state index is 10.8. The van der Waals surface area contributed by atoms with Crippen molar-refractivity contribution in [1.29, 1.82) is 0 Å². The predicted octanol–water partition coefficient (Wildman–Crippen LogP) is 2.36. The number of H-pyrrole nitrogens is 1. The molecule has 2 unspecified atom stereocenters. The Bertz CT molecular complexity index is 587. The first-order valence-electron chi connectivity index (χ1n) is 5.58. The summed E-state index contributed by atoms with van der Waals surface area (Å²) in [7, 11) is 1.63. The van der Waals surface area contributed by atoms with Gasteiger partial charge in [-0.05, 0) is 30.0 Å². The van der Waals surface area contributed by atoms with Crippen molar-refractivity contribution in [3.8, 4) is 5.75 Å². The van der Waals surface area contributed by atoms with Crippen LogP contribution in [0.4, 0.5) is 0 Å². The van der Waals surface area contributed by atoms with Crippen LogP contribution in [0.3, 0.4) is 0 Å². The highest BCUT2D eigenvalue weighted by Gasteiger charge is 2.45. The maximum atomic E-state index is 10.8. The first-order valence-corrected chi connectivity index (χ1v) is 5.58. The first kappa shape index (κ1) is 10.2. The lowest BCUT2D eigenvalue weighted by Crippen LogP contribution is -1.98. The molecule has 0 bridgehead atoms. The van der Waals surface area contributed by atoms with Gasteiger partial charge in [0.05, 0.1) is 13.0 Å². The Morgan fingerprint density at radius 2 is 2.29 bits per heavy atom. The summed E-state index contributed by atoms with van der Waals surface area (Å²) in [6, 6.07) is 7.84. The molecule has 2 N–H and O–H groups in total. The Kier molecular flexibility index (Phi) is 2.11. The third-order valence-electron chi connectivity index (χ3n) is 3.36. The average Bonchev–Trinajstić information content (AvgIpc) is 3.02. The van der Waals surface area contributed by atoms with Crippen molar-refractivity contribution in [3.63, 3.8) is 0 Å². The smallest absolute Gasteiger partial charge is 0.307 e. The number of carbonyl (C=O) groups is 1. The van der Waals surface area contributed by atoms with E-state index in [2.05, 4.69) is 4.98 Å². The van der Waals surface area contributed by atoms with Gasteiger partial charge in [-0.15, -0.1) is 0 Å². The fourth-order valence-electron chi connectivity index (χ4n) is 2.27. The molecule has 2 atom stereocenters. The summed E-state index contributed by atoms with van der Waals surface area (Å²) in [4.78, 5) is 14.1. The quantitative estimate of drug-likeness (QED) is 0.852. The van der Waals surface area contributed by atoms with Gasteiger partial charge in [0.25, 0.3) is 0 Å². The van der Waals surface area contributed by atoms with Gasteiger partial charge in [-0.1, -0.05) is 0 Å². The van der Waals surface area contributed by atoms with Gasteiger partial charge < -0.3 is 14.8 Å². The summed E-state index contributed by atoms with van der Waals surface area (Å²) >= 11 is 0. The van der Waals surface area contributed by atoms with Crippen LogP contribution in [0, 0.1) is 5.92 Å². The minimum atomic E-state index is -0.703. The molecule has 1 aliphatic carbocycles. The van der Waals surface area contributed by atoms with Crippen LogP contribution in [0.25, 0.3) is 10.9 Å². The molecule has 3 rings (SSSR count). The summed E-state index contributed by atoms with van der Waals surface area (Å²) in [5, 5.41) is 10.0. The minimum Gasteiger partial charge on any atom is -0.497 e. The Morgan fingerprint density at radius 3 is 2.94 bits per heavy atom. The van der Waals surface area contributed by atoms with Crippen LogP contribution in [0.15, 0.2) is 24.3 Å². The summed E-state index contributed by atoms with van der Waals surface area (Å²) < 4.78 is 5.15. The fraction of sp³-hybridized carbons (Fsp3) is 0.308. The summed E-state index contributed by atoms with van der Waals surface area (Å²) in [5.74, 6) is 0.0265.